The summed E-state index contributed by atoms with van der Waals surface area (Å²) >= 11 is 0. The number of carboxylic acid groups (broad SMARTS) is 1. The van der Waals surface area contributed by atoms with Gasteiger partial charge in [0.25, 0.3) is 0 Å². The van der Waals surface area contributed by atoms with Gasteiger partial charge in [-0.25, -0.2) is 8.78 Å². The van der Waals surface area contributed by atoms with E-state index in [1.54, 1.807) is 0 Å². The highest BCUT2D eigenvalue weighted by atomic mass is 19.3. The number of alkyl halides is 2. The maximum Gasteiger partial charge on any atom is 0.303 e. The maximum atomic E-state index is 12.3. The number of hydrogen-bond donors (Lipinski definition) is 1. The van der Waals surface area contributed by atoms with Crippen LogP contribution in [0.25, 0.3) is 22.1 Å². The van der Waals surface area contributed by atoms with Gasteiger partial charge in [0.1, 0.15) is 11.3 Å². The molecular formula is C23H24F2O3. The molecule has 0 aliphatic heterocycles. The summed E-state index contributed by atoms with van der Waals surface area (Å²) in [7, 11) is 0. The predicted octanol–water partition coefficient (Wildman–Crippen LogP) is 6.49. The third-order valence-electron chi connectivity index (χ3n) is 4.90. The van der Waals surface area contributed by atoms with Gasteiger partial charge in [-0.1, -0.05) is 55.0 Å². The number of furan rings is 1. The van der Waals surface area contributed by atoms with E-state index < -0.39 is 12.4 Å². The molecule has 0 bridgehead atoms. The van der Waals surface area contributed by atoms with Crippen LogP contribution in [0.4, 0.5) is 8.78 Å². The summed E-state index contributed by atoms with van der Waals surface area (Å²) < 4.78 is 30.8. The van der Waals surface area contributed by atoms with E-state index in [0.29, 0.717) is 25.7 Å². The molecule has 0 saturated heterocycles. The molecule has 0 saturated carbocycles. The average Bonchev–Trinajstić information content (AvgIpc) is 3.04. The number of aliphatic carboxylic acids is 1. The Bertz CT molecular complexity index is 916. The Balaban J connectivity index is 1.89. The minimum absolute atomic E-state index is 0.0303. The first-order valence-electron chi connectivity index (χ1n) is 9.65. The lowest BCUT2D eigenvalue weighted by Crippen LogP contribution is -1.99. The van der Waals surface area contributed by atoms with Gasteiger partial charge in [0.2, 0.25) is 6.43 Å². The van der Waals surface area contributed by atoms with Crippen LogP contribution in [0.2, 0.25) is 0 Å². The Labute approximate surface area is 163 Å². The van der Waals surface area contributed by atoms with Crippen molar-refractivity contribution in [2.24, 2.45) is 0 Å². The van der Waals surface area contributed by atoms with Crippen molar-refractivity contribution in [3.63, 3.8) is 0 Å². The van der Waals surface area contributed by atoms with Gasteiger partial charge in [0, 0.05) is 35.8 Å². The Morgan fingerprint density at radius 3 is 2.46 bits per heavy atom. The van der Waals surface area contributed by atoms with Crippen molar-refractivity contribution in [3.05, 3.63) is 59.9 Å². The number of halogens is 2. The number of fused-ring (bicyclic) bond motifs is 1. The number of unbranched alkanes of at least 4 members (excludes halogenated alkanes) is 2. The average molecular weight is 386 g/mol. The first kappa shape index (κ1) is 20.1. The van der Waals surface area contributed by atoms with Crippen LogP contribution in [0.15, 0.2) is 52.9 Å². The Kier molecular flexibility index (Phi) is 6.80. The molecule has 0 amide bonds. The van der Waals surface area contributed by atoms with Gasteiger partial charge < -0.3 is 9.52 Å². The third-order valence-corrected chi connectivity index (χ3v) is 4.90. The van der Waals surface area contributed by atoms with Crippen molar-refractivity contribution in [3.8, 4) is 11.1 Å². The van der Waals surface area contributed by atoms with Gasteiger partial charge in [-0.2, -0.15) is 0 Å². The fourth-order valence-corrected chi connectivity index (χ4v) is 3.53. The number of hydrogen-bond acceptors (Lipinski definition) is 2. The number of carbonyl (C=O) groups is 1. The molecule has 148 valence electrons. The number of para-hydroxylation sites is 1. The van der Waals surface area contributed by atoms with Crippen LogP contribution in [0.5, 0.6) is 0 Å². The second-order valence-corrected chi connectivity index (χ2v) is 6.94. The van der Waals surface area contributed by atoms with Crippen molar-refractivity contribution in [1.82, 2.24) is 0 Å². The van der Waals surface area contributed by atoms with E-state index >= 15 is 0 Å². The fraction of sp³-hybridized carbons (Fsp3) is 0.348. The van der Waals surface area contributed by atoms with Crippen molar-refractivity contribution in [1.29, 1.82) is 0 Å². The van der Waals surface area contributed by atoms with Crippen molar-refractivity contribution < 1.29 is 23.1 Å². The van der Waals surface area contributed by atoms with Gasteiger partial charge in [-0.05, 0) is 24.8 Å². The summed E-state index contributed by atoms with van der Waals surface area (Å²) in [5, 5.41) is 10.0. The summed E-state index contributed by atoms with van der Waals surface area (Å²) in [6.45, 7) is 0. The molecule has 0 aliphatic rings. The number of carboxylic acids is 1. The molecule has 3 aromatic rings. The van der Waals surface area contributed by atoms with Gasteiger partial charge in [-0.15, -0.1) is 0 Å². The van der Waals surface area contributed by atoms with Crippen LogP contribution in [0, 0.1) is 0 Å². The quantitative estimate of drug-likeness (QED) is 0.405. The van der Waals surface area contributed by atoms with Crippen LogP contribution < -0.4 is 0 Å². The number of aryl methyl sites for hydroxylation is 2. The van der Waals surface area contributed by atoms with Crippen molar-refractivity contribution in [2.75, 3.05) is 0 Å². The summed E-state index contributed by atoms with van der Waals surface area (Å²) in [5.41, 5.74) is 3.69. The molecule has 0 aliphatic carbocycles. The molecule has 1 N–H and O–H groups in total. The van der Waals surface area contributed by atoms with Crippen LogP contribution >= 0.6 is 0 Å². The largest absolute Gasteiger partial charge is 0.481 e. The molecule has 3 rings (SSSR count). The molecular weight excluding hydrogens is 362 g/mol. The second-order valence-electron chi connectivity index (χ2n) is 6.94. The minimum atomic E-state index is -2.26. The Hall–Kier alpha value is -2.69. The first-order valence-corrected chi connectivity index (χ1v) is 9.65. The number of benzene rings is 2. The van der Waals surface area contributed by atoms with Crippen LogP contribution in [-0.2, 0) is 17.6 Å². The zero-order chi connectivity index (χ0) is 19.9. The molecule has 3 nitrogen and oxygen atoms in total. The summed E-state index contributed by atoms with van der Waals surface area (Å²) in [5.74, 6) is -0.0758. The fourth-order valence-electron chi connectivity index (χ4n) is 3.53. The summed E-state index contributed by atoms with van der Waals surface area (Å²) in [6, 6.07) is 15.8. The zero-order valence-electron chi connectivity index (χ0n) is 15.7. The highest BCUT2D eigenvalue weighted by Gasteiger charge is 2.18. The monoisotopic (exact) mass is 386 g/mol. The van der Waals surface area contributed by atoms with Crippen molar-refractivity contribution >= 4 is 16.9 Å². The van der Waals surface area contributed by atoms with E-state index in [0.717, 1.165) is 39.8 Å². The molecule has 1 heterocycles. The van der Waals surface area contributed by atoms with Crippen molar-refractivity contribution in [2.45, 2.75) is 51.4 Å². The Morgan fingerprint density at radius 2 is 1.75 bits per heavy atom. The smallest absolute Gasteiger partial charge is 0.303 e. The van der Waals surface area contributed by atoms with E-state index in [1.165, 1.54) is 0 Å². The van der Waals surface area contributed by atoms with Crippen LogP contribution in [0.3, 0.4) is 0 Å². The maximum absolute atomic E-state index is 12.3. The van der Waals surface area contributed by atoms with Gasteiger partial charge in [0.05, 0.1) is 0 Å². The first-order chi connectivity index (χ1) is 13.6. The molecule has 0 radical (unpaired) electrons. The molecule has 0 unspecified atom stereocenters. The standard InChI is InChI=1S/C23H24F2O3/c24-21(25)13-6-2-5-12-20-18(14-15-22(26)27)19-11-7-10-17(23(19)28-20)16-8-3-1-4-9-16/h1,3-4,7-11,21H,2,5-6,12-15H2,(H,26,27). The molecule has 5 heteroatoms. The van der Waals surface area contributed by atoms with E-state index in [4.69, 9.17) is 9.52 Å². The lowest BCUT2D eigenvalue weighted by atomic mass is 9.98. The van der Waals surface area contributed by atoms with Gasteiger partial charge >= 0.3 is 5.97 Å². The summed E-state index contributed by atoms with van der Waals surface area (Å²) in [6.07, 6.45) is 0.641. The van der Waals surface area contributed by atoms with Gasteiger partial charge in [0.15, 0.2) is 0 Å². The van der Waals surface area contributed by atoms with Crippen LogP contribution in [-0.4, -0.2) is 17.5 Å². The number of rotatable bonds is 10. The highest BCUT2D eigenvalue weighted by Crippen LogP contribution is 2.35. The molecule has 1 aromatic heterocycles. The normalized spacial score (nSPS) is 11.4. The SMILES string of the molecule is O=C(O)CCc1c(CCCCCC(F)F)oc2c(-c3ccccc3)cccc12. The van der Waals surface area contributed by atoms with E-state index in [2.05, 4.69) is 0 Å². The molecule has 0 fully saturated rings. The highest BCUT2D eigenvalue weighted by molar-refractivity contribution is 5.95. The lowest BCUT2D eigenvalue weighted by molar-refractivity contribution is -0.136. The molecule has 2 aromatic carbocycles. The zero-order valence-corrected chi connectivity index (χ0v) is 15.7. The van der Waals surface area contributed by atoms with Crippen LogP contribution in [0.1, 0.15) is 43.4 Å². The topological polar surface area (TPSA) is 50.4 Å². The minimum Gasteiger partial charge on any atom is -0.481 e. The van der Waals surface area contributed by atoms with E-state index in [1.807, 2.05) is 48.5 Å². The molecule has 0 atom stereocenters. The predicted molar refractivity (Wildman–Crippen MR) is 106 cm³/mol. The lowest BCUT2D eigenvalue weighted by Gasteiger charge is -2.03. The van der Waals surface area contributed by atoms with E-state index in [9.17, 15) is 13.6 Å². The van der Waals surface area contributed by atoms with E-state index in [-0.39, 0.29) is 12.8 Å². The molecule has 28 heavy (non-hydrogen) atoms. The van der Waals surface area contributed by atoms with Gasteiger partial charge in [-0.3, -0.25) is 4.79 Å². The second kappa shape index (κ2) is 9.49. The third kappa shape index (κ3) is 4.97. The Morgan fingerprint density at radius 1 is 0.964 bits per heavy atom. The summed E-state index contributed by atoms with van der Waals surface area (Å²) in [4.78, 5) is 11.1. The molecule has 0 spiro atoms.